The largest absolute Gasteiger partial charge is 0.383 e. The summed E-state index contributed by atoms with van der Waals surface area (Å²) in [5, 5.41) is 5.83. The molecule has 0 aromatic heterocycles. The molecule has 7 heteroatoms. The Kier molecular flexibility index (Phi) is 8.46. The summed E-state index contributed by atoms with van der Waals surface area (Å²) in [5.74, 6) is -0.0193. The van der Waals surface area contributed by atoms with Crippen LogP contribution in [-0.4, -0.2) is 62.0 Å². The second-order valence-corrected chi connectivity index (χ2v) is 8.75. The molecule has 1 heterocycles. The molecule has 0 spiro atoms. The van der Waals surface area contributed by atoms with E-state index in [1.807, 2.05) is 30.0 Å². The van der Waals surface area contributed by atoms with Crippen molar-refractivity contribution in [2.75, 3.05) is 33.4 Å². The monoisotopic (exact) mass is 429 g/mol. The smallest absolute Gasteiger partial charge is 0.251 e. The summed E-state index contributed by atoms with van der Waals surface area (Å²) in [6.45, 7) is 4.02. The number of nitrogens with zero attached hydrogens (tertiary/aromatic N) is 1. The van der Waals surface area contributed by atoms with E-state index in [0.29, 0.717) is 44.6 Å². The Hall–Kier alpha value is -2.41. The van der Waals surface area contributed by atoms with Crippen LogP contribution in [0.5, 0.6) is 0 Å². The second kappa shape index (κ2) is 11.3. The van der Waals surface area contributed by atoms with Crippen molar-refractivity contribution >= 4 is 17.7 Å². The molecule has 0 bridgehead atoms. The van der Waals surface area contributed by atoms with Crippen LogP contribution in [0.3, 0.4) is 0 Å². The van der Waals surface area contributed by atoms with Crippen LogP contribution in [-0.2, 0) is 14.3 Å². The molecular formula is C24H35N3O4. The molecule has 3 amide bonds. The van der Waals surface area contributed by atoms with Crippen LogP contribution in [0.15, 0.2) is 24.3 Å². The minimum absolute atomic E-state index is 0.0102. The van der Waals surface area contributed by atoms with Gasteiger partial charge in [0.15, 0.2) is 0 Å². The maximum atomic E-state index is 12.9. The number of methoxy groups -OCH3 is 1. The second-order valence-electron chi connectivity index (χ2n) is 8.75. The Morgan fingerprint density at radius 1 is 1.13 bits per heavy atom. The molecular weight excluding hydrogens is 394 g/mol. The molecule has 31 heavy (non-hydrogen) atoms. The zero-order valence-electron chi connectivity index (χ0n) is 18.7. The first-order chi connectivity index (χ1) is 15.0. The standard InChI is InChI=1S/C24H35N3O4/c1-17-6-5-9-20(16-17)22(28)26-21(23(29)25-12-15-31-2)18-10-13-27(14-11-18)24(30)19-7-3-4-8-19/h5-6,9,16,18-19,21H,3-4,7-8,10-15H2,1-2H3,(H,25,29)(H,26,28)/t21-/m1/s1. The Labute approximate surface area is 184 Å². The summed E-state index contributed by atoms with van der Waals surface area (Å²) in [4.78, 5) is 40.5. The molecule has 0 unspecified atom stereocenters. The van der Waals surface area contributed by atoms with Crippen LogP contribution in [0.25, 0.3) is 0 Å². The van der Waals surface area contributed by atoms with E-state index < -0.39 is 6.04 Å². The molecule has 1 aliphatic carbocycles. The topological polar surface area (TPSA) is 87.7 Å². The third-order valence-corrected chi connectivity index (χ3v) is 6.48. The molecule has 7 nitrogen and oxygen atoms in total. The molecule has 2 N–H and O–H groups in total. The molecule has 170 valence electrons. The summed E-state index contributed by atoms with van der Waals surface area (Å²) in [6.07, 6.45) is 5.68. The number of piperidine rings is 1. The molecule has 1 saturated heterocycles. The average molecular weight is 430 g/mol. The zero-order chi connectivity index (χ0) is 22.2. The lowest BCUT2D eigenvalue weighted by atomic mass is 9.87. The molecule has 1 atom stereocenters. The maximum Gasteiger partial charge on any atom is 0.251 e. The van der Waals surface area contributed by atoms with Crippen molar-refractivity contribution in [3.63, 3.8) is 0 Å². The van der Waals surface area contributed by atoms with E-state index in [1.54, 1.807) is 13.2 Å². The van der Waals surface area contributed by atoms with E-state index in [-0.39, 0.29) is 29.6 Å². The van der Waals surface area contributed by atoms with Gasteiger partial charge in [-0.25, -0.2) is 0 Å². The summed E-state index contributed by atoms with van der Waals surface area (Å²) in [5.41, 5.74) is 1.54. The molecule has 1 saturated carbocycles. The summed E-state index contributed by atoms with van der Waals surface area (Å²) in [7, 11) is 1.58. The SMILES string of the molecule is COCCNC(=O)[C@H](NC(=O)c1cccc(C)c1)C1CCN(C(=O)C2CCCC2)CC1. The minimum Gasteiger partial charge on any atom is -0.383 e. The fourth-order valence-electron chi connectivity index (χ4n) is 4.68. The third kappa shape index (κ3) is 6.29. The van der Waals surface area contributed by atoms with Gasteiger partial charge in [-0.1, -0.05) is 30.5 Å². The number of likely N-dealkylation sites (tertiary alicyclic amines) is 1. The van der Waals surface area contributed by atoms with Gasteiger partial charge in [0.05, 0.1) is 6.61 Å². The van der Waals surface area contributed by atoms with Gasteiger partial charge in [-0.15, -0.1) is 0 Å². The highest BCUT2D eigenvalue weighted by Crippen LogP contribution is 2.29. The van der Waals surface area contributed by atoms with Crippen LogP contribution >= 0.6 is 0 Å². The number of carbonyl (C=O) groups excluding carboxylic acids is 3. The Morgan fingerprint density at radius 2 is 1.84 bits per heavy atom. The van der Waals surface area contributed by atoms with Gasteiger partial charge in [0.1, 0.15) is 6.04 Å². The highest BCUT2D eigenvalue weighted by molar-refractivity contribution is 5.97. The number of nitrogens with one attached hydrogen (secondary N) is 2. The van der Waals surface area contributed by atoms with Gasteiger partial charge >= 0.3 is 0 Å². The van der Waals surface area contributed by atoms with Gasteiger partial charge in [0.2, 0.25) is 11.8 Å². The Morgan fingerprint density at radius 3 is 2.48 bits per heavy atom. The lowest BCUT2D eigenvalue weighted by Gasteiger charge is -2.36. The Balaban J connectivity index is 1.64. The van der Waals surface area contributed by atoms with Crippen LogP contribution in [0.2, 0.25) is 0 Å². The molecule has 0 radical (unpaired) electrons. The van der Waals surface area contributed by atoms with E-state index >= 15 is 0 Å². The number of amides is 3. The van der Waals surface area contributed by atoms with E-state index in [4.69, 9.17) is 4.74 Å². The summed E-state index contributed by atoms with van der Waals surface area (Å²) >= 11 is 0. The van der Waals surface area contributed by atoms with Gasteiger partial charge in [-0.05, 0) is 50.7 Å². The van der Waals surface area contributed by atoms with Crippen molar-refractivity contribution in [2.45, 2.75) is 51.5 Å². The van der Waals surface area contributed by atoms with E-state index in [9.17, 15) is 14.4 Å². The molecule has 2 aliphatic rings. The van der Waals surface area contributed by atoms with Gasteiger partial charge in [0.25, 0.3) is 5.91 Å². The predicted octanol–water partition coefficient (Wildman–Crippen LogP) is 2.28. The molecule has 1 aliphatic heterocycles. The first-order valence-corrected chi connectivity index (χ1v) is 11.4. The normalized spacial score (nSPS) is 18.6. The maximum absolute atomic E-state index is 12.9. The lowest BCUT2D eigenvalue weighted by Crippen LogP contribution is -2.54. The molecule has 1 aromatic rings. The fraction of sp³-hybridized carbons (Fsp3) is 0.625. The number of rotatable bonds is 8. The number of aryl methyl sites for hydroxylation is 1. The van der Waals surface area contributed by atoms with E-state index in [1.165, 1.54) is 0 Å². The van der Waals surface area contributed by atoms with Crippen molar-refractivity contribution in [3.8, 4) is 0 Å². The average Bonchev–Trinajstić information content (AvgIpc) is 3.32. The quantitative estimate of drug-likeness (QED) is 0.621. The van der Waals surface area contributed by atoms with Crippen LogP contribution < -0.4 is 10.6 Å². The van der Waals surface area contributed by atoms with Crippen LogP contribution in [0, 0.1) is 18.8 Å². The number of benzene rings is 1. The van der Waals surface area contributed by atoms with Crippen molar-refractivity contribution in [1.29, 1.82) is 0 Å². The zero-order valence-corrected chi connectivity index (χ0v) is 18.7. The highest BCUT2D eigenvalue weighted by Gasteiger charge is 2.35. The Bertz CT molecular complexity index is 768. The number of hydrogen-bond acceptors (Lipinski definition) is 4. The minimum atomic E-state index is -0.631. The summed E-state index contributed by atoms with van der Waals surface area (Å²) in [6, 6.07) is 6.71. The van der Waals surface area contributed by atoms with Gasteiger partial charge in [-0.2, -0.15) is 0 Å². The van der Waals surface area contributed by atoms with E-state index in [0.717, 1.165) is 31.2 Å². The number of hydrogen-bond donors (Lipinski definition) is 2. The first-order valence-electron chi connectivity index (χ1n) is 11.4. The third-order valence-electron chi connectivity index (χ3n) is 6.48. The molecule has 2 fully saturated rings. The first kappa shape index (κ1) is 23.3. The van der Waals surface area contributed by atoms with Crippen molar-refractivity contribution in [1.82, 2.24) is 15.5 Å². The van der Waals surface area contributed by atoms with Gasteiger partial charge < -0.3 is 20.3 Å². The van der Waals surface area contributed by atoms with E-state index in [2.05, 4.69) is 10.6 Å². The number of carbonyl (C=O) groups is 3. The fourth-order valence-corrected chi connectivity index (χ4v) is 4.68. The van der Waals surface area contributed by atoms with Gasteiger partial charge in [0, 0.05) is 38.2 Å². The highest BCUT2D eigenvalue weighted by atomic mass is 16.5. The predicted molar refractivity (Wildman–Crippen MR) is 119 cm³/mol. The van der Waals surface area contributed by atoms with Crippen molar-refractivity contribution in [3.05, 3.63) is 35.4 Å². The molecule has 1 aromatic carbocycles. The van der Waals surface area contributed by atoms with Crippen molar-refractivity contribution in [2.24, 2.45) is 11.8 Å². The van der Waals surface area contributed by atoms with Crippen LogP contribution in [0.4, 0.5) is 0 Å². The van der Waals surface area contributed by atoms with Crippen molar-refractivity contribution < 1.29 is 19.1 Å². The lowest BCUT2D eigenvalue weighted by molar-refractivity contribution is -0.137. The van der Waals surface area contributed by atoms with Crippen LogP contribution in [0.1, 0.15) is 54.4 Å². The molecule has 3 rings (SSSR count). The van der Waals surface area contributed by atoms with Gasteiger partial charge in [-0.3, -0.25) is 14.4 Å². The summed E-state index contributed by atoms with van der Waals surface area (Å²) < 4.78 is 5.02. The number of ether oxygens (including phenoxy) is 1.